The molecule has 0 saturated heterocycles. The molecule has 2 atom stereocenters. The first-order chi connectivity index (χ1) is 7.95. The topological polar surface area (TPSA) is 12.0 Å². The van der Waals surface area contributed by atoms with E-state index in [9.17, 15) is 0 Å². The van der Waals surface area contributed by atoms with Crippen LogP contribution >= 0.6 is 0 Å². The average Bonchev–Trinajstić information content (AvgIpc) is 2.29. The largest absolute Gasteiger partial charge is 0.312 e. The summed E-state index contributed by atoms with van der Waals surface area (Å²) in [5.74, 6) is 0. The lowest BCUT2D eigenvalue weighted by Gasteiger charge is -2.30. The van der Waals surface area contributed by atoms with Gasteiger partial charge in [0.15, 0.2) is 0 Å². The van der Waals surface area contributed by atoms with Gasteiger partial charge in [0.1, 0.15) is 0 Å². The van der Waals surface area contributed by atoms with Gasteiger partial charge in [-0.15, -0.1) is 0 Å². The molecule has 17 heavy (non-hydrogen) atoms. The van der Waals surface area contributed by atoms with Crippen LogP contribution in [-0.4, -0.2) is 12.1 Å². The van der Waals surface area contributed by atoms with Crippen molar-refractivity contribution in [2.45, 2.75) is 65.0 Å². The van der Waals surface area contributed by atoms with Crippen LogP contribution in [0.1, 0.15) is 53.0 Å². The normalized spacial score (nSPS) is 15.6. The molecule has 1 rings (SSSR count). The molecule has 0 aliphatic rings. The molecular weight excluding hydrogens is 206 g/mol. The molecule has 0 amide bonds. The Hall–Kier alpha value is -0.820. The maximum absolute atomic E-state index is 3.66. The van der Waals surface area contributed by atoms with Crippen LogP contribution in [0.4, 0.5) is 0 Å². The lowest BCUT2D eigenvalue weighted by atomic mass is 9.79. The summed E-state index contributed by atoms with van der Waals surface area (Å²) < 4.78 is 0. The van der Waals surface area contributed by atoms with Crippen molar-refractivity contribution in [2.24, 2.45) is 0 Å². The lowest BCUT2D eigenvalue weighted by Crippen LogP contribution is -2.38. The van der Waals surface area contributed by atoms with E-state index in [0.29, 0.717) is 12.1 Å². The molecule has 0 aliphatic heterocycles. The SMILES string of the molecule is CCC(C)NC(C)CC(C)(C)c1ccccc1. The Kier molecular flexibility index (Phi) is 5.20. The van der Waals surface area contributed by atoms with Gasteiger partial charge in [-0.2, -0.15) is 0 Å². The minimum atomic E-state index is 0.237. The Bertz CT molecular complexity index is 316. The van der Waals surface area contributed by atoms with Gasteiger partial charge in [-0.3, -0.25) is 0 Å². The second kappa shape index (κ2) is 6.20. The van der Waals surface area contributed by atoms with E-state index in [1.165, 1.54) is 18.4 Å². The molecule has 0 spiro atoms. The number of rotatable bonds is 6. The molecule has 2 unspecified atom stereocenters. The first kappa shape index (κ1) is 14.2. The summed E-state index contributed by atoms with van der Waals surface area (Å²) in [4.78, 5) is 0. The quantitative estimate of drug-likeness (QED) is 0.779. The van der Waals surface area contributed by atoms with E-state index in [1.807, 2.05) is 0 Å². The minimum absolute atomic E-state index is 0.237. The van der Waals surface area contributed by atoms with E-state index in [1.54, 1.807) is 0 Å². The van der Waals surface area contributed by atoms with Gasteiger partial charge in [0.05, 0.1) is 0 Å². The van der Waals surface area contributed by atoms with Crippen molar-refractivity contribution in [3.05, 3.63) is 35.9 Å². The monoisotopic (exact) mass is 233 g/mol. The van der Waals surface area contributed by atoms with Crippen LogP contribution in [0.5, 0.6) is 0 Å². The van der Waals surface area contributed by atoms with E-state index in [-0.39, 0.29) is 5.41 Å². The zero-order chi connectivity index (χ0) is 12.9. The molecule has 0 aromatic heterocycles. The fourth-order valence-corrected chi connectivity index (χ4v) is 2.44. The third-order valence-corrected chi connectivity index (χ3v) is 3.55. The molecule has 0 heterocycles. The van der Waals surface area contributed by atoms with Gasteiger partial charge in [-0.1, -0.05) is 51.1 Å². The minimum Gasteiger partial charge on any atom is -0.312 e. The van der Waals surface area contributed by atoms with Gasteiger partial charge >= 0.3 is 0 Å². The van der Waals surface area contributed by atoms with Crippen molar-refractivity contribution < 1.29 is 0 Å². The number of benzene rings is 1. The summed E-state index contributed by atoms with van der Waals surface area (Å²) in [6.07, 6.45) is 2.36. The van der Waals surface area contributed by atoms with Crippen molar-refractivity contribution in [1.82, 2.24) is 5.32 Å². The first-order valence-corrected chi connectivity index (χ1v) is 6.77. The van der Waals surface area contributed by atoms with E-state index < -0.39 is 0 Å². The van der Waals surface area contributed by atoms with Crippen molar-refractivity contribution in [3.63, 3.8) is 0 Å². The van der Waals surface area contributed by atoms with Gasteiger partial charge in [0, 0.05) is 12.1 Å². The van der Waals surface area contributed by atoms with Gasteiger partial charge < -0.3 is 5.32 Å². The van der Waals surface area contributed by atoms with Gasteiger partial charge in [0.25, 0.3) is 0 Å². The lowest BCUT2D eigenvalue weighted by molar-refractivity contribution is 0.360. The molecule has 1 nitrogen and oxygen atoms in total. The summed E-state index contributed by atoms with van der Waals surface area (Å²) in [5.41, 5.74) is 1.67. The predicted molar refractivity (Wildman–Crippen MR) is 76.4 cm³/mol. The Morgan fingerprint density at radius 3 is 2.18 bits per heavy atom. The Balaban J connectivity index is 2.60. The van der Waals surface area contributed by atoms with Gasteiger partial charge in [-0.25, -0.2) is 0 Å². The summed E-state index contributed by atoms with van der Waals surface area (Å²) in [6.45, 7) is 11.4. The van der Waals surface area contributed by atoms with E-state index in [4.69, 9.17) is 0 Å². The van der Waals surface area contributed by atoms with E-state index in [0.717, 1.165) is 0 Å². The predicted octanol–water partition coefficient (Wildman–Crippen LogP) is 4.13. The third-order valence-electron chi connectivity index (χ3n) is 3.55. The zero-order valence-electron chi connectivity index (χ0n) is 12.0. The first-order valence-electron chi connectivity index (χ1n) is 6.77. The maximum atomic E-state index is 3.66. The van der Waals surface area contributed by atoms with Crippen molar-refractivity contribution >= 4 is 0 Å². The zero-order valence-corrected chi connectivity index (χ0v) is 12.0. The summed E-state index contributed by atoms with van der Waals surface area (Å²) >= 11 is 0. The molecular formula is C16H27N. The highest BCUT2D eigenvalue weighted by molar-refractivity contribution is 5.23. The van der Waals surface area contributed by atoms with Gasteiger partial charge in [0.2, 0.25) is 0 Å². The van der Waals surface area contributed by atoms with Gasteiger partial charge in [-0.05, 0) is 37.7 Å². The maximum Gasteiger partial charge on any atom is 0.00494 e. The van der Waals surface area contributed by atoms with Crippen LogP contribution in [-0.2, 0) is 5.41 Å². The van der Waals surface area contributed by atoms with Crippen molar-refractivity contribution in [3.8, 4) is 0 Å². The molecule has 1 N–H and O–H groups in total. The van der Waals surface area contributed by atoms with E-state index >= 15 is 0 Å². The molecule has 0 radical (unpaired) electrons. The number of hydrogen-bond acceptors (Lipinski definition) is 1. The van der Waals surface area contributed by atoms with Crippen LogP contribution in [0.2, 0.25) is 0 Å². The van der Waals surface area contributed by atoms with Crippen LogP contribution in [0.15, 0.2) is 30.3 Å². The van der Waals surface area contributed by atoms with Crippen LogP contribution < -0.4 is 5.32 Å². The fourth-order valence-electron chi connectivity index (χ4n) is 2.44. The second-order valence-electron chi connectivity index (χ2n) is 5.83. The van der Waals surface area contributed by atoms with Crippen molar-refractivity contribution in [2.75, 3.05) is 0 Å². The number of nitrogens with one attached hydrogen (secondary N) is 1. The molecule has 0 fully saturated rings. The van der Waals surface area contributed by atoms with Crippen LogP contribution in [0.3, 0.4) is 0 Å². The molecule has 96 valence electrons. The molecule has 0 saturated carbocycles. The highest BCUT2D eigenvalue weighted by atomic mass is 14.9. The molecule has 0 bridgehead atoms. The highest BCUT2D eigenvalue weighted by Crippen LogP contribution is 2.28. The van der Waals surface area contributed by atoms with Crippen LogP contribution in [0, 0.1) is 0 Å². The Morgan fingerprint density at radius 1 is 1.06 bits per heavy atom. The average molecular weight is 233 g/mol. The fraction of sp³-hybridized carbons (Fsp3) is 0.625. The van der Waals surface area contributed by atoms with E-state index in [2.05, 4.69) is 70.3 Å². The smallest absolute Gasteiger partial charge is 0.00494 e. The van der Waals surface area contributed by atoms with Crippen molar-refractivity contribution in [1.29, 1.82) is 0 Å². The molecule has 0 aliphatic carbocycles. The molecule has 1 heteroatoms. The molecule has 1 aromatic rings. The standard InChI is InChI=1S/C16H27N/c1-6-13(2)17-14(3)12-16(4,5)15-10-8-7-9-11-15/h7-11,13-14,17H,6,12H2,1-5H3. The molecule has 1 aromatic carbocycles. The van der Waals surface area contributed by atoms with Crippen LogP contribution in [0.25, 0.3) is 0 Å². The third kappa shape index (κ3) is 4.51. The summed E-state index contributed by atoms with van der Waals surface area (Å²) in [6, 6.07) is 12.0. The number of hydrogen-bond donors (Lipinski definition) is 1. The highest BCUT2D eigenvalue weighted by Gasteiger charge is 2.23. The summed E-state index contributed by atoms with van der Waals surface area (Å²) in [5, 5.41) is 3.66. The second-order valence-corrected chi connectivity index (χ2v) is 5.83. The summed E-state index contributed by atoms with van der Waals surface area (Å²) in [7, 11) is 0. The Labute approximate surface area is 107 Å². The Morgan fingerprint density at radius 2 is 1.65 bits per heavy atom.